The van der Waals surface area contributed by atoms with E-state index in [2.05, 4.69) is 33.5 Å². The molecule has 9 rings (SSSR count). The van der Waals surface area contributed by atoms with Crippen molar-refractivity contribution < 1.29 is 24.2 Å². The summed E-state index contributed by atoms with van der Waals surface area (Å²) in [4.78, 5) is 24.1. The Morgan fingerprint density at radius 3 is 1.37 bits per heavy atom. The minimum absolute atomic E-state index is 0.0844. The molecule has 0 saturated carbocycles. The summed E-state index contributed by atoms with van der Waals surface area (Å²) in [5.41, 5.74) is 11.6. The van der Waals surface area contributed by atoms with Crippen molar-refractivity contribution >= 4 is 35.1 Å². The van der Waals surface area contributed by atoms with Gasteiger partial charge in [0.05, 0.1) is 23.0 Å². The van der Waals surface area contributed by atoms with Crippen molar-refractivity contribution in [3.8, 4) is 45.4 Å². The summed E-state index contributed by atoms with van der Waals surface area (Å²) in [6.07, 6.45) is 0. The fourth-order valence-corrected chi connectivity index (χ4v) is 8.27. The van der Waals surface area contributed by atoms with Crippen LogP contribution in [-0.4, -0.2) is 26.1 Å². The van der Waals surface area contributed by atoms with E-state index in [9.17, 15) is 14.7 Å². The minimum Gasteiger partial charge on any atom is -0.488 e. The van der Waals surface area contributed by atoms with E-state index in [0.29, 0.717) is 28.8 Å². The smallest absolute Gasteiger partial charge is 0.335 e. The number of carboxylic acid groups (broad SMARTS) is 1. The quantitative estimate of drug-likeness (QED) is 0.113. The molecule has 340 valence electrons. The Morgan fingerprint density at radius 2 is 0.941 bits per heavy atom. The summed E-state index contributed by atoms with van der Waals surface area (Å²) in [6, 6.07) is 63.8. The number of aromatic nitrogens is 2. The van der Waals surface area contributed by atoms with Gasteiger partial charge in [0.15, 0.2) is 0 Å². The van der Waals surface area contributed by atoms with Crippen LogP contribution in [0.25, 0.3) is 33.9 Å². The lowest BCUT2D eigenvalue weighted by atomic mass is 10.1. The summed E-state index contributed by atoms with van der Waals surface area (Å²) in [7, 11) is 0. The maximum Gasteiger partial charge on any atom is 0.335 e. The van der Waals surface area contributed by atoms with Crippen molar-refractivity contribution in [1.82, 2.24) is 14.5 Å². The molecule has 7 aromatic carbocycles. The topological polar surface area (TPSA) is 94.7 Å². The Morgan fingerprint density at radius 1 is 0.529 bits per heavy atom. The van der Waals surface area contributed by atoms with Crippen molar-refractivity contribution in [2.45, 2.75) is 40.0 Å². The van der Waals surface area contributed by atoms with Crippen LogP contribution in [0, 0.1) is 13.8 Å². The third-order valence-corrected chi connectivity index (χ3v) is 11.9. The van der Waals surface area contributed by atoms with Gasteiger partial charge in [-0.25, -0.2) is 4.79 Å². The molecule has 0 radical (unpaired) electrons. The van der Waals surface area contributed by atoms with Gasteiger partial charge < -0.3 is 29.0 Å². The molecule has 2 N–H and O–H groups in total. The molecular weight excluding hydrogens is 890 g/mol. The van der Waals surface area contributed by atoms with Crippen LogP contribution in [0.5, 0.6) is 11.5 Å². The molecule has 2 heterocycles. The van der Waals surface area contributed by atoms with Gasteiger partial charge in [0.1, 0.15) is 24.7 Å². The molecule has 1 amide bonds. The lowest BCUT2D eigenvalue weighted by Crippen LogP contribution is -2.26. The number of ether oxygens (including phenoxy) is 2. The van der Waals surface area contributed by atoms with Gasteiger partial charge in [-0.1, -0.05) is 114 Å². The normalized spacial score (nSPS) is 11.2. The molecule has 0 saturated heterocycles. The highest BCUT2D eigenvalue weighted by atomic mass is 35.5. The van der Waals surface area contributed by atoms with Gasteiger partial charge in [0.25, 0.3) is 5.91 Å². The number of hydrogen-bond acceptors (Lipinski definition) is 4. The summed E-state index contributed by atoms with van der Waals surface area (Å²) in [5, 5.41) is 13.5. The molecule has 9 aromatic rings. The number of nitrogens with one attached hydrogen (secondary N) is 1. The summed E-state index contributed by atoms with van der Waals surface area (Å²) in [5.74, 6) is 0.425. The number of rotatable bonds is 14. The Bertz CT molecular complexity index is 3130. The van der Waals surface area contributed by atoms with Gasteiger partial charge in [-0.2, -0.15) is 0 Å². The van der Waals surface area contributed by atoms with Crippen LogP contribution >= 0.6 is 23.2 Å². The first-order chi connectivity index (χ1) is 33.0. The Balaban J connectivity index is 0.000000189. The maximum atomic E-state index is 12.9. The zero-order valence-electron chi connectivity index (χ0n) is 37.8. The minimum atomic E-state index is -0.947. The van der Waals surface area contributed by atoms with E-state index in [1.54, 1.807) is 24.3 Å². The predicted octanol–water partition coefficient (Wildman–Crippen LogP) is 14.6. The number of carboxylic acids is 1. The van der Waals surface area contributed by atoms with E-state index >= 15 is 0 Å². The average molecular weight is 939 g/mol. The molecule has 0 spiro atoms. The van der Waals surface area contributed by atoms with E-state index in [-0.39, 0.29) is 17.5 Å². The number of halogens is 2. The van der Waals surface area contributed by atoms with E-state index in [0.717, 1.165) is 73.5 Å². The zero-order valence-corrected chi connectivity index (χ0v) is 39.3. The lowest BCUT2D eigenvalue weighted by molar-refractivity contribution is 0.0696. The van der Waals surface area contributed by atoms with Crippen molar-refractivity contribution in [3.05, 3.63) is 249 Å². The standard InChI is InChI=1S/C33H29ClN2O2.C25H20ClNO3/c1-23-13-19-31(30-21-28(34)16-20-32(30)38-22-25-9-5-3-6-10-25)36(23)29-17-14-27(15-18-29)33(37)35-24(2)26-11-7-4-8-12-26;1-17-7-13-23(27(17)21-11-8-19(9-12-21)25(28)29)22-15-20(26)10-14-24(22)30-16-18-5-3-2-4-6-18/h3-21,24H,22H2,1-2H3,(H,35,37);2-15H,16H2,1H3,(H,28,29)/t24-;/m0./s1. The molecule has 10 heteroatoms. The van der Waals surface area contributed by atoms with Gasteiger partial charge in [-0.3, -0.25) is 4.79 Å². The monoisotopic (exact) mass is 937 g/mol. The van der Waals surface area contributed by atoms with Crippen LogP contribution in [0.3, 0.4) is 0 Å². The number of hydrogen-bond donors (Lipinski definition) is 2. The second-order valence-electron chi connectivity index (χ2n) is 16.2. The van der Waals surface area contributed by atoms with Gasteiger partial charge >= 0.3 is 5.97 Å². The van der Waals surface area contributed by atoms with Crippen LogP contribution in [0.4, 0.5) is 0 Å². The Labute approximate surface area is 406 Å². The highest BCUT2D eigenvalue weighted by molar-refractivity contribution is 6.31. The SMILES string of the molecule is Cc1ccc(-c2cc(Cl)ccc2OCc2ccccc2)n1-c1ccc(C(=O)N[C@@H](C)c2ccccc2)cc1.Cc1ccc(-c2cc(Cl)ccc2OCc2ccccc2)n1-c1ccc(C(=O)O)cc1. The molecule has 68 heavy (non-hydrogen) atoms. The van der Waals surface area contributed by atoms with Crippen molar-refractivity contribution in [2.24, 2.45) is 0 Å². The Kier molecular flexibility index (Phi) is 14.9. The molecule has 1 atom stereocenters. The van der Waals surface area contributed by atoms with E-state index in [1.165, 1.54) is 0 Å². The zero-order chi connectivity index (χ0) is 47.6. The molecular formula is C58H49Cl2N3O5. The van der Waals surface area contributed by atoms with Gasteiger partial charge in [0.2, 0.25) is 0 Å². The lowest BCUT2D eigenvalue weighted by Gasteiger charge is -2.17. The number of benzene rings is 7. The first-order valence-electron chi connectivity index (χ1n) is 22.1. The number of amides is 1. The molecule has 0 aliphatic carbocycles. The average Bonchev–Trinajstić information content (AvgIpc) is 3.95. The molecule has 0 bridgehead atoms. The van der Waals surface area contributed by atoms with Gasteiger partial charge in [0, 0.05) is 49.5 Å². The molecule has 0 aliphatic rings. The van der Waals surface area contributed by atoms with Crippen molar-refractivity contribution in [3.63, 3.8) is 0 Å². The van der Waals surface area contributed by atoms with Crippen molar-refractivity contribution in [1.29, 1.82) is 0 Å². The second kappa shape index (κ2) is 21.7. The predicted molar refractivity (Wildman–Crippen MR) is 273 cm³/mol. The van der Waals surface area contributed by atoms with Crippen LogP contribution in [-0.2, 0) is 13.2 Å². The number of carbonyl (C=O) groups is 2. The number of aryl methyl sites for hydroxylation is 2. The summed E-state index contributed by atoms with van der Waals surface area (Å²) in [6.45, 7) is 6.95. The van der Waals surface area contributed by atoms with Crippen LogP contribution < -0.4 is 14.8 Å². The first kappa shape index (κ1) is 46.7. The van der Waals surface area contributed by atoms with Gasteiger partial charge in [-0.15, -0.1) is 0 Å². The maximum absolute atomic E-state index is 12.9. The molecule has 0 fully saturated rings. The summed E-state index contributed by atoms with van der Waals surface area (Å²) >= 11 is 12.7. The van der Waals surface area contributed by atoms with Crippen molar-refractivity contribution in [2.75, 3.05) is 0 Å². The highest BCUT2D eigenvalue weighted by Gasteiger charge is 2.18. The van der Waals surface area contributed by atoms with E-state index in [1.807, 2.05) is 178 Å². The van der Waals surface area contributed by atoms with Crippen LogP contribution in [0.2, 0.25) is 10.0 Å². The van der Waals surface area contributed by atoms with E-state index in [4.69, 9.17) is 32.7 Å². The third kappa shape index (κ3) is 11.2. The first-order valence-corrected chi connectivity index (χ1v) is 22.9. The van der Waals surface area contributed by atoms with Crippen LogP contribution in [0.15, 0.2) is 200 Å². The molecule has 8 nitrogen and oxygen atoms in total. The fourth-order valence-electron chi connectivity index (χ4n) is 7.93. The van der Waals surface area contributed by atoms with Crippen LogP contribution in [0.1, 0.15) is 61.8 Å². The molecule has 0 unspecified atom stereocenters. The molecule has 2 aromatic heterocycles. The highest BCUT2D eigenvalue weighted by Crippen LogP contribution is 2.38. The van der Waals surface area contributed by atoms with E-state index < -0.39 is 5.97 Å². The third-order valence-electron chi connectivity index (χ3n) is 11.5. The number of carbonyl (C=O) groups excluding carboxylic acids is 1. The molecule has 0 aliphatic heterocycles. The fraction of sp³-hybridized carbons (Fsp3) is 0.103. The van der Waals surface area contributed by atoms with Gasteiger partial charge in [-0.05, 0) is 147 Å². The Hall–Kier alpha value is -7.78. The summed E-state index contributed by atoms with van der Waals surface area (Å²) < 4.78 is 16.6. The number of nitrogens with zero attached hydrogens (tertiary/aromatic N) is 2. The largest absolute Gasteiger partial charge is 0.488 e. The number of aromatic carboxylic acids is 1. The second-order valence-corrected chi connectivity index (χ2v) is 17.1.